The number of anilines is 3. The van der Waals surface area contributed by atoms with Crippen molar-refractivity contribution in [2.45, 2.75) is 9.79 Å². The Kier molecular flexibility index (Phi) is 6.99. The zero-order chi connectivity index (χ0) is 26.7. The zero-order valence-electron chi connectivity index (χ0n) is 19.7. The average Bonchev–Trinajstić information content (AvgIpc) is 3.14. The summed E-state index contributed by atoms with van der Waals surface area (Å²) in [6.07, 6.45) is 0. The molecule has 0 aromatic heterocycles. The second-order valence-corrected chi connectivity index (χ2v) is 10.9. The lowest BCUT2D eigenvalue weighted by Gasteiger charge is -2.15. The molecule has 4 aromatic rings. The number of thioether (sulfide) groups is 1. The summed E-state index contributed by atoms with van der Waals surface area (Å²) >= 11 is 1.02. The number of amides is 2. The second kappa shape index (κ2) is 10.5. The minimum atomic E-state index is -3.82. The van der Waals surface area contributed by atoms with Crippen LogP contribution in [0.15, 0.2) is 130 Å². The fourth-order valence-electron chi connectivity index (χ4n) is 3.76. The molecule has 2 amide bonds. The summed E-state index contributed by atoms with van der Waals surface area (Å²) < 4.78 is 41.5. The summed E-state index contributed by atoms with van der Waals surface area (Å²) in [6.45, 7) is 0. The molecule has 4 aromatic carbocycles. The zero-order valence-corrected chi connectivity index (χ0v) is 21.3. The lowest BCUT2D eigenvalue weighted by molar-refractivity contribution is -0.120. The van der Waals surface area contributed by atoms with Crippen LogP contribution in [0.2, 0.25) is 0 Å². The molecular weight excluding hydrogens is 525 g/mol. The van der Waals surface area contributed by atoms with Gasteiger partial charge in [-0.1, -0.05) is 54.2 Å². The number of halogens is 1. The van der Waals surface area contributed by atoms with E-state index in [2.05, 4.69) is 10.0 Å². The fourth-order valence-corrected chi connectivity index (χ4v) is 5.82. The predicted octanol–water partition coefficient (Wildman–Crippen LogP) is 5.62. The Hall–Kier alpha value is -4.41. The molecule has 1 heterocycles. The topological polar surface area (TPSA) is 95.6 Å². The molecule has 1 aliphatic rings. The first kappa shape index (κ1) is 25.2. The molecule has 190 valence electrons. The maximum absolute atomic E-state index is 13.5. The Morgan fingerprint density at radius 1 is 0.711 bits per heavy atom. The van der Waals surface area contributed by atoms with Crippen molar-refractivity contribution in [2.24, 2.45) is 0 Å². The normalized spacial score (nSPS) is 13.7. The molecule has 0 saturated heterocycles. The maximum atomic E-state index is 13.5. The number of carbonyl (C=O) groups is 2. The first-order chi connectivity index (χ1) is 18.3. The van der Waals surface area contributed by atoms with Gasteiger partial charge in [0.2, 0.25) is 0 Å². The maximum Gasteiger partial charge on any atom is 0.283 e. The van der Waals surface area contributed by atoms with Gasteiger partial charge in [0.15, 0.2) is 0 Å². The summed E-state index contributed by atoms with van der Waals surface area (Å²) in [4.78, 5) is 28.7. The number of para-hydroxylation sites is 1. The van der Waals surface area contributed by atoms with Crippen LogP contribution >= 0.6 is 11.8 Å². The van der Waals surface area contributed by atoms with Crippen LogP contribution in [0.25, 0.3) is 0 Å². The molecule has 10 heteroatoms. The van der Waals surface area contributed by atoms with E-state index in [1.807, 2.05) is 0 Å². The van der Waals surface area contributed by atoms with E-state index in [-0.39, 0.29) is 15.5 Å². The molecule has 0 atom stereocenters. The lowest BCUT2D eigenvalue weighted by atomic mass is 10.3. The first-order valence-corrected chi connectivity index (χ1v) is 13.7. The van der Waals surface area contributed by atoms with Gasteiger partial charge in [0.05, 0.1) is 10.6 Å². The Labute approximate surface area is 223 Å². The Bertz CT molecular complexity index is 1640. The summed E-state index contributed by atoms with van der Waals surface area (Å²) in [5.41, 5.74) is 1.16. The summed E-state index contributed by atoms with van der Waals surface area (Å²) in [5.74, 6) is -1.53. The van der Waals surface area contributed by atoms with Gasteiger partial charge in [-0.25, -0.2) is 17.7 Å². The number of rotatable bonds is 8. The van der Waals surface area contributed by atoms with Gasteiger partial charge >= 0.3 is 0 Å². The standard InChI is InChI=1S/C28H20FN3O4S2/c29-19-14-16-20(17-15-19)30-25-26(28(34)32(27(25)33)22-9-3-1-4-10-22)37-23-11-7-8-21(18-23)31-38(35,36)24-12-5-2-6-13-24/h1-18,30-31H. The first-order valence-electron chi connectivity index (χ1n) is 11.4. The van der Waals surface area contributed by atoms with Crippen molar-refractivity contribution in [1.29, 1.82) is 0 Å². The van der Waals surface area contributed by atoms with E-state index in [0.717, 1.165) is 16.7 Å². The molecule has 0 saturated carbocycles. The van der Waals surface area contributed by atoms with Gasteiger partial charge in [-0.05, 0) is 66.7 Å². The van der Waals surface area contributed by atoms with E-state index >= 15 is 0 Å². The van der Waals surface area contributed by atoms with Gasteiger partial charge in [-0.15, -0.1) is 0 Å². The number of benzene rings is 4. The number of hydrogen-bond acceptors (Lipinski definition) is 6. The number of nitrogens with one attached hydrogen (secondary N) is 2. The lowest BCUT2D eigenvalue weighted by Crippen LogP contribution is -2.32. The number of hydrogen-bond donors (Lipinski definition) is 2. The SMILES string of the molecule is O=C1C(Nc2ccc(F)cc2)=C(Sc2cccc(NS(=O)(=O)c3ccccc3)c2)C(=O)N1c1ccccc1. The molecular formula is C28H20FN3O4S2. The molecule has 5 rings (SSSR count). The van der Waals surface area contributed by atoms with Gasteiger partial charge in [0.1, 0.15) is 16.4 Å². The Morgan fingerprint density at radius 2 is 1.37 bits per heavy atom. The van der Waals surface area contributed by atoms with Crippen molar-refractivity contribution in [3.63, 3.8) is 0 Å². The Balaban J connectivity index is 1.47. The van der Waals surface area contributed by atoms with Crippen LogP contribution < -0.4 is 14.9 Å². The average molecular weight is 546 g/mol. The molecule has 0 aliphatic carbocycles. The minimum Gasteiger partial charge on any atom is -0.350 e. The third-order valence-corrected chi connectivity index (χ3v) is 8.00. The molecule has 1 aliphatic heterocycles. The van der Waals surface area contributed by atoms with Crippen LogP contribution in [0, 0.1) is 5.82 Å². The van der Waals surface area contributed by atoms with Gasteiger partial charge < -0.3 is 5.32 Å². The van der Waals surface area contributed by atoms with E-state index in [4.69, 9.17) is 0 Å². The van der Waals surface area contributed by atoms with E-state index in [0.29, 0.717) is 22.0 Å². The molecule has 0 radical (unpaired) electrons. The summed E-state index contributed by atoms with van der Waals surface area (Å²) in [7, 11) is -3.82. The van der Waals surface area contributed by atoms with Crippen molar-refractivity contribution in [3.8, 4) is 0 Å². The van der Waals surface area contributed by atoms with Gasteiger partial charge in [-0.2, -0.15) is 0 Å². The van der Waals surface area contributed by atoms with Crippen LogP contribution in [-0.2, 0) is 19.6 Å². The highest BCUT2D eigenvalue weighted by Crippen LogP contribution is 2.38. The van der Waals surface area contributed by atoms with E-state index in [9.17, 15) is 22.4 Å². The fraction of sp³-hybridized carbons (Fsp3) is 0. The van der Waals surface area contributed by atoms with Gasteiger partial charge in [-0.3, -0.25) is 14.3 Å². The van der Waals surface area contributed by atoms with Crippen molar-refractivity contribution in [3.05, 3.63) is 126 Å². The quantitative estimate of drug-likeness (QED) is 0.279. The molecule has 0 bridgehead atoms. The molecule has 38 heavy (non-hydrogen) atoms. The van der Waals surface area contributed by atoms with Gasteiger partial charge in [0, 0.05) is 16.3 Å². The molecule has 0 unspecified atom stereocenters. The van der Waals surface area contributed by atoms with Crippen LogP contribution in [0.3, 0.4) is 0 Å². The number of sulfonamides is 1. The number of imide groups is 1. The molecule has 2 N–H and O–H groups in total. The number of carbonyl (C=O) groups excluding carboxylic acids is 2. The van der Waals surface area contributed by atoms with E-state index < -0.39 is 27.7 Å². The van der Waals surface area contributed by atoms with Crippen molar-refractivity contribution >= 4 is 50.7 Å². The highest BCUT2D eigenvalue weighted by Gasteiger charge is 2.40. The van der Waals surface area contributed by atoms with Crippen molar-refractivity contribution in [1.82, 2.24) is 0 Å². The van der Waals surface area contributed by atoms with Gasteiger partial charge in [0.25, 0.3) is 21.8 Å². The van der Waals surface area contributed by atoms with Crippen LogP contribution in [0.5, 0.6) is 0 Å². The molecule has 7 nitrogen and oxygen atoms in total. The van der Waals surface area contributed by atoms with Crippen LogP contribution in [-0.4, -0.2) is 20.2 Å². The van der Waals surface area contributed by atoms with Crippen molar-refractivity contribution in [2.75, 3.05) is 14.9 Å². The predicted molar refractivity (Wildman–Crippen MR) is 146 cm³/mol. The highest BCUT2D eigenvalue weighted by molar-refractivity contribution is 8.04. The van der Waals surface area contributed by atoms with E-state index in [1.54, 1.807) is 72.8 Å². The van der Waals surface area contributed by atoms with Crippen LogP contribution in [0.4, 0.5) is 21.5 Å². The molecule has 0 fully saturated rings. The highest BCUT2D eigenvalue weighted by atomic mass is 32.2. The van der Waals surface area contributed by atoms with Crippen molar-refractivity contribution < 1.29 is 22.4 Å². The van der Waals surface area contributed by atoms with Crippen LogP contribution in [0.1, 0.15) is 0 Å². The minimum absolute atomic E-state index is 0.0331. The smallest absolute Gasteiger partial charge is 0.283 e. The monoisotopic (exact) mass is 545 g/mol. The summed E-state index contributed by atoms with van der Waals surface area (Å²) in [6, 6.07) is 28.4. The largest absolute Gasteiger partial charge is 0.350 e. The second-order valence-electron chi connectivity index (χ2n) is 8.17. The Morgan fingerprint density at radius 3 is 2.05 bits per heavy atom. The number of nitrogens with zero attached hydrogens (tertiary/aromatic N) is 1. The summed E-state index contributed by atoms with van der Waals surface area (Å²) in [5, 5.41) is 2.96. The van der Waals surface area contributed by atoms with E-state index in [1.165, 1.54) is 36.4 Å². The third-order valence-electron chi connectivity index (χ3n) is 5.53. The third kappa shape index (κ3) is 5.31. The molecule has 0 spiro atoms.